The number of benzene rings is 2. The summed E-state index contributed by atoms with van der Waals surface area (Å²) >= 11 is 5.95. The second kappa shape index (κ2) is 7.91. The second-order valence-corrected chi connectivity index (χ2v) is 7.69. The highest BCUT2D eigenvalue weighted by Gasteiger charge is 2.42. The molecule has 0 bridgehead atoms. The van der Waals surface area contributed by atoms with E-state index in [0.29, 0.717) is 36.3 Å². The number of ketones is 1. The number of halogens is 1. The minimum absolute atomic E-state index is 0.0186. The maximum Gasteiger partial charge on any atom is 0.294 e. The lowest BCUT2D eigenvalue weighted by atomic mass is 9.77. The van der Waals surface area contributed by atoms with E-state index in [1.54, 1.807) is 13.2 Å². The van der Waals surface area contributed by atoms with Crippen molar-refractivity contribution in [2.45, 2.75) is 31.6 Å². The Hall–Kier alpha value is -3.19. The maximum absolute atomic E-state index is 13.3. The van der Waals surface area contributed by atoms with E-state index >= 15 is 0 Å². The Labute approximate surface area is 178 Å². The van der Waals surface area contributed by atoms with Crippen molar-refractivity contribution >= 4 is 34.7 Å². The van der Waals surface area contributed by atoms with Crippen LogP contribution in [-0.4, -0.2) is 23.7 Å². The molecule has 7 nitrogen and oxygen atoms in total. The van der Waals surface area contributed by atoms with Crippen LogP contribution in [0, 0.1) is 10.1 Å². The van der Waals surface area contributed by atoms with Gasteiger partial charge in [0.05, 0.1) is 12.0 Å². The number of hydrogen-bond donors (Lipinski definition) is 0. The average Bonchev–Trinajstić information content (AvgIpc) is 2.73. The second-order valence-electron chi connectivity index (χ2n) is 7.26. The van der Waals surface area contributed by atoms with Gasteiger partial charge in [0.2, 0.25) is 5.91 Å². The molecule has 1 aliphatic carbocycles. The number of carbonyl (C=O) groups is 2. The minimum Gasteiger partial charge on any atom is -0.496 e. The van der Waals surface area contributed by atoms with E-state index in [9.17, 15) is 19.7 Å². The first kappa shape index (κ1) is 20.1. The SMILES string of the molecule is COc1ccccc1C1CC(=O)N(c2ccc(Cl)cc2[N+](=O)[O-])C2=C1C(=O)CCC2. The zero-order chi connectivity index (χ0) is 21.4. The lowest BCUT2D eigenvalue weighted by Gasteiger charge is -2.38. The molecule has 1 aliphatic heterocycles. The van der Waals surface area contributed by atoms with E-state index in [1.807, 2.05) is 18.2 Å². The molecule has 0 radical (unpaired) electrons. The van der Waals surface area contributed by atoms with Gasteiger partial charge in [-0.05, 0) is 31.0 Å². The number of anilines is 1. The van der Waals surface area contributed by atoms with Crippen molar-refractivity contribution in [1.82, 2.24) is 0 Å². The monoisotopic (exact) mass is 426 g/mol. The number of nitro groups is 1. The van der Waals surface area contributed by atoms with E-state index in [1.165, 1.54) is 23.1 Å². The Kier molecular flexibility index (Phi) is 5.30. The number of nitro benzene ring substituents is 1. The number of carbonyl (C=O) groups excluding carboxylic acids is 2. The summed E-state index contributed by atoms with van der Waals surface area (Å²) in [6.07, 6.45) is 1.47. The number of Topliss-reactive ketones (excluding diaryl/α,β-unsaturated/α-hetero) is 1. The van der Waals surface area contributed by atoms with Gasteiger partial charge in [0.25, 0.3) is 5.69 Å². The van der Waals surface area contributed by atoms with Gasteiger partial charge in [0.1, 0.15) is 11.4 Å². The lowest BCUT2D eigenvalue weighted by Crippen LogP contribution is -2.40. The fourth-order valence-corrected chi connectivity index (χ4v) is 4.49. The largest absolute Gasteiger partial charge is 0.496 e. The summed E-state index contributed by atoms with van der Waals surface area (Å²) in [7, 11) is 1.55. The third-order valence-electron chi connectivity index (χ3n) is 5.56. The molecule has 1 atom stereocenters. The molecule has 0 aromatic heterocycles. The van der Waals surface area contributed by atoms with Gasteiger partial charge in [0, 0.05) is 46.7 Å². The quantitative estimate of drug-likeness (QED) is 0.518. The lowest BCUT2D eigenvalue weighted by molar-refractivity contribution is -0.384. The number of amides is 1. The molecule has 30 heavy (non-hydrogen) atoms. The van der Waals surface area contributed by atoms with Gasteiger partial charge < -0.3 is 4.74 Å². The predicted molar refractivity (Wildman–Crippen MR) is 112 cm³/mol. The number of para-hydroxylation sites is 1. The Balaban J connectivity index is 1.92. The van der Waals surface area contributed by atoms with Gasteiger partial charge >= 0.3 is 0 Å². The average molecular weight is 427 g/mol. The fourth-order valence-electron chi connectivity index (χ4n) is 4.32. The van der Waals surface area contributed by atoms with Crippen molar-refractivity contribution in [3.63, 3.8) is 0 Å². The van der Waals surface area contributed by atoms with Crippen LogP contribution in [0.1, 0.15) is 37.2 Å². The minimum atomic E-state index is -0.564. The maximum atomic E-state index is 13.3. The molecule has 1 unspecified atom stereocenters. The highest BCUT2D eigenvalue weighted by molar-refractivity contribution is 6.31. The Morgan fingerprint density at radius 1 is 1.17 bits per heavy atom. The fraction of sp³-hybridized carbons (Fsp3) is 0.273. The van der Waals surface area contributed by atoms with E-state index < -0.39 is 10.8 Å². The first-order chi connectivity index (χ1) is 14.4. The molecule has 4 rings (SSSR count). The molecule has 0 spiro atoms. The van der Waals surface area contributed by atoms with E-state index in [4.69, 9.17) is 16.3 Å². The van der Waals surface area contributed by atoms with Crippen LogP contribution in [0.5, 0.6) is 5.75 Å². The third-order valence-corrected chi connectivity index (χ3v) is 5.80. The standard InChI is InChI=1S/C22H19ClN2O5/c1-30-20-8-3-2-5-14(20)15-12-21(27)24(17-6-4-7-19(26)22(15)17)16-10-9-13(23)11-18(16)25(28)29/h2-3,5,8-11,15H,4,6-7,12H2,1H3. The molecule has 1 heterocycles. The Morgan fingerprint density at radius 3 is 2.67 bits per heavy atom. The smallest absolute Gasteiger partial charge is 0.294 e. The van der Waals surface area contributed by atoms with Crippen molar-refractivity contribution in [3.8, 4) is 5.75 Å². The number of ether oxygens (including phenoxy) is 1. The molecule has 0 saturated carbocycles. The van der Waals surface area contributed by atoms with Crippen LogP contribution in [0.2, 0.25) is 5.02 Å². The summed E-state index contributed by atoms with van der Waals surface area (Å²) in [6.45, 7) is 0. The molecule has 0 N–H and O–H groups in total. The van der Waals surface area contributed by atoms with Crippen LogP contribution in [0.3, 0.4) is 0 Å². The Bertz CT molecular complexity index is 1090. The zero-order valence-corrected chi connectivity index (χ0v) is 17.0. The van der Waals surface area contributed by atoms with Gasteiger partial charge in [0.15, 0.2) is 5.78 Å². The summed E-state index contributed by atoms with van der Waals surface area (Å²) in [6, 6.07) is 11.5. The van der Waals surface area contributed by atoms with Gasteiger partial charge in [-0.1, -0.05) is 29.8 Å². The van der Waals surface area contributed by atoms with Crippen molar-refractivity contribution < 1.29 is 19.2 Å². The molecule has 0 saturated heterocycles. The van der Waals surface area contributed by atoms with Crippen molar-refractivity contribution in [3.05, 3.63) is 74.4 Å². The molecule has 2 aliphatic rings. The van der Waals surface area contributed by atoms with Gasteiger partial charge in [-0.25, -0.2) is 0 Å². The molecular formula is C22H19ClN2O5. The van der Waals surface area contributed by atoms with Crippen LogP contribution in [0.15, 0.2) is 53.7 Å². The number of allylic oxidation sites excluding steroid dienone is 2. The third kappa shape index (κ3) is 3.35. The molecular weight excluding hydrogens is 408 g/mol. The molecule has 2 aromatic rings. The highest BCUT2D eigenvalue weighted by atomic mass is 35.5. The number of methoxy groups -OCH3 is 1. The molecule has 0 fully saturated rings. The van der Waals surface area contributed by atoms with Crippen LogP contribution in [-0.2, 0) is 9.59 Å². The van der Waals surface area contributed by atoms with Crippen LogP contribution in [0.4, 0.5) is 11.4 Å². The first-order valence-corrected chi connectivity index (χ1v) is 9.96. The first-order valence-electron chi connectivity index (χ1n) is 9.58. The topological polar surface area (TPSA) is 89.8 Å². The summed E-state index contributed by atoms with van der Waals surface area (Å²) in [5, 5.41) is 11.8. The number of nitrogens with zero attached hydrogens (tertiary/aromatic N) is 2. The summed E-state index contributed by atoms with van der Waals surface area (Å²) in [5.74, 6) is -0.184. The van der Waals surface area contributed by atoms with Crippen LogP contribution < -0.4 is 9.64 Å². The van der Waals surface area contributed by atoms with Crippen LogP contribution >= 0.6 is 11.6 Å². The van der Waals surface area contributed by atoms with Crippen molar-refractivity contribution in [2.75, 3.05) is 12.0 Å². The van der Waals surface area contributed by atoms with Crippen molar-refractivity contribution in [2.24, 2.45) is 0 Å². The summed E-state index contributed by atoms with van der Waals surface area (Å²) in [5.41, 5.74) is 1.70. The molecule has 8 heteroatoms. The predicted octanol–water partition coefficient (Wildman–Crippen LogP) is 4.78. The van der Waals surface area contributed by atoms with E-state index in [0.717, 1.165) is 5.56 Å². The Morgan fingerprint density at radius 2 is 1.93 bits per heavy atom. The van der Waals surface area contributed by atoms with E-state index in [-0.39, 0.29) is 34.5 Å². The normalized spacial score (nSPS) is 19.0. The molecule has 1 amide bonds. The van der Waals surface area contributed by atoms with Gasteiger partial charge in [-0.2, -0.15) is 0 Å². The van der Waals surface area contributed by atoms with E-state index in [2.05, 4.69) is 0 Å². The van der Waals surface area contributed by atoms with Gasteiger partial charge in [-0.3, -0.25) is 24.6 Å². The highest BCUT2D eigenvalue weighted by Crippen LogP contribution is 2.47. The summed E-state index contributed by atoms with van der Waals surface area (Å²) < 4.78 is 5.46. The molecule has 154 valence electrons. The van der Waals surface area contributed by atoms with Crippen LogP contribution in [0.25, 0.3) is 0 Å². The summed E-state index contributed by atoms with van der Waals surface area (Å²) in [4.78, 5) is 38.7. The number of rotatable bonds is 4. The zero-order valence-electron chi connectivity index (χ0n) is 16.3. The van der Waals surface area contributed by atoms with Gasteiger partial charge in [-0.15, -0.1) is 0 Å². The number of hydrogen-bond acceptors (Lipinski definition) is 5. The molecule has 2 aromatic carbocycles. The van der Waals surface area contributed by atoms with Crippen molar-refractivity contribution in [1.29, 1.82) is 0 Å².